The second kappa shape index (κ2) is 8.21. The molecule has 1 aliphatic rings. The van der Waals surface area contributed by atoms with Crippen LogP contribution in [0.5, 0.6) is 0 Å². The van der Waals surface area contributed by atoms with E-state index in [2.05, 4.69) is 4.90 Å². The maximum absolute atomic E-state index is 13.0. The van der Waals surface area contributed by atoms with Gasteiger partial charge in [-0.15, -0.1) is 0 Å². The number of carbonyl (C=O) groups is 1. The van der Waals surface area contributed by atoms with Crippen LogP contribution >= 0.6 is 11.6 Å². The summed E-state index contributed by atoms with van der Waals surface area (Å²) in [6, 6.07) is 13.8. The molecule has 0 aliphatic carbocycles. The minimum absolute atomic E-state index is 0.0440. The molecular formula is C21H25ClN2O2. The molecule has 138 valence electrons. The molecule has 0 unspecified atom stereocenters. The van der Waals surface area contributed by atoms with Crippen LogP contribution in [0.3, 0.4) is 0 Å². The Morgan fingerprint density at radius 3 is 2.77 bits per heavy atom. The molecule has 2 aromatic carbocycles. The molecule has 1 amide bonds. The Morgan fingerprint density at radius 2 is 2.00 bits per heavy atom. The zero-order valence-electron chi connectivity index (χ0n) is 15.3. The van der Waals surface area contributed by atoms with Crippen molar-refractivity contribution in [3.63, 3.8) is 0 Å². The minimum Gasteiger partial charge on any atom is -0.396 e. The van der Waals surface area contributed by atoms with E-state index in [0.29, 0.717) is 25.1 Å². The van der Waals surface area contributed by atoms with E-state index in [9.17, 15) is 9.90 Å². The highest BCUT2D eigenvalue weighted by Crippen LogP contribution is 2.29. The van der Waals surface area contributed by atoms with Crippen molar-refractivity contribution in [1.82, 2.24) is 9.80 Å². The van der Waals surface area contributed by atoms with E-state index in [0.717, 1.165) is 28.3 Å². The van der Waals surface area contributed by atoms with E-state index in [1.165, 1.54) is 0 Å². The second-order valence-electron chi connectivity index (χ2n) is 6.89. The van der Waals surface area contributed by atoms with Crippen LogP contribution in [0.25, 0.3) is 11.1 Å². The Kier molecular flexibility index (Phi) is 5.97. The third-order valence-electron chi connectivity index (χ3n) is 5.21. The molecule has 0 radical (unpaired) electrons. The van der Waals surface area contributed by atoms with Crippen LogP contribution in [0, 0.1) is 6.92 Å². The molecule has 0 aromatic heterocycles. The van der Waals surface area contributed by atoms with Gasteiger partial charge in [0.15, 0.2) is 0 Å². The predicted octanol–water partition coefficient (Wildman–Crippen LogP) is 3.45. The molecular weight excluding hydrogens is 348 g/mol. The van der Waals surface area contributed by atoms with Crippen LogP contribution < -0.4 is 0 Å². The molecule has 3 rings (SSSR count). The van der Waals surface area contributed by atoms with Crippen molar-refractivity contribution < 1.29 is 9.90 Å². The highest BCUT2D eigenvalue weighted by Gasteiger charge is 2.27. The highest BCUT2D eigenvalue weighted by atomic mass is 35.5. The highest BCUT2D eigenvalue weighted by molar-refractivity contribution is 6.31. The number of likely N-dealkylation sites (N-methyl/N-ethyl adjacent to an activating group) is 1. The molecule has 1 saturated heterocycles. The van der Waals surface area contributed by atoms with Crippen molar-refractivity contribution in [1.29, 1.82) is 0 Å². The summed E-state index contributed by atoms with van der Waals surface area (Å²) < 4.78 is 0. The largest absolute Gasteiger partial charge is 0.396 e. The summed E-state index contributed by atoms with van der Waals surface area (Å²) in [6.07, 6.45) is 0.683. The lowest BCUT2D eigenvalue weighted by Gasteiger charge is -2.39. The summed E-state index contributed by atoms with van der Waals surface area (Å²) in [4.78, 5) is 17.1. The van der Waals surface area contributed by atoms with Crippen molar-refractivity contribution in [2.24, 2.45) is 0 Å². The van der Waals surface area contributed by atoms with E-state index >= 15 is 0 Å². The first-order valence-corrected chi connectivity index (χ1v) is 9.35. The predicted molar refractivity (Wildman–Crippen MR) is 106 cm³/mol. The van der Waals surface area contributed by atoms with Crippen molar-refractivity contribution in [2.45, 2.75) is 19.4 Å². The quantitative estimate of drug-likeness (QED) is 0.893. The van der Waals surface area contributed by atoms with Crippen LogP contribution in [0.2, 0.25) is 5.02 Å². The van der Waals surface area contributed by atoms with Gasteiger partial charge >= 0.3 is 0 Å². The number of halogens is 1. The number of piperazine rings is 1. The molecule has 26 heavy (non-hydrogen) atoms. The number of hydrogen-bond acceptors (Lipinski definition) is 3. The molecule has 1 atom stereocenters. The van der Waals surface area contributed by atoms with Gasteiger partial charge in [-0.3, -0.25) is 9.69 Å². The molecule has 1 heterocycles. The van der Waals surface area contributed by atoms with Gasteiger partial charge < -0.3 is 10.0 Å². The van der Waals surface area contributed by atoms with Crippen molar-refractivity contribution in [3.05, 3.63) is 58.6 Å². The molecule has 0 bridgehead atoms. The Hall–Kier alpha value is -1.88. The van der Waals surface area contributed by atoms with E-state index in [1.54, 1.807) is 0 Å². The minimum atomic E-state index is 0.0440. The standard InChI is InChI=1S/C21H25ClN2O2/c1-15-19(7-4-8-20(15)22)16-5-3-6-17(13-16)21(26)24-11-10-23(2)18(14-24)9-12-25/h3-8,13,18,25H,9-12,14H2,1-2H3/t18-/m1/s1. The molecule has 1 aliphatic heterocycles. The number of aliphatic hydroxyl groups is 1. The Labute approximate surface area is 160 Å². The molecule has 2 aromatic rings. The SMILES string of the molecule is Cc1c(Cl)cccc1-c1cccc(C(=O)N2CCN(C)[C@H](CCO)C2)c1. The van der Waals surface area contributed by atoms with Crippen molar-refractivity contribution in [3.8, 4) is 11.1 Å². The van der Waals surface area contributed by atoms with E-state index in [-0.39, 0.29) is 18.6 Å². The number of benzene rings is 2. The summed E-state index contributed by atoms with van der Waals surface area (Å²) in [6.45, 7) is 4.31. The fourth-order valence-corrected chi connectivity index (χ4v) is 3.69. The lowest BCUT2D eigenvalue weighted by Crippen LogP contribution is -2.53. The van der Waals surface area contributed by atoms with Crippen molar-refractivity contribution in [2.75, 3.05) is 33.3 Å². The number of hydrogen-bond donors (Lipinski definition) is 1. The first-order chi connectivity index (χ1) is 12.5. The Morgan fingerprint density at radius 1 is 1.23 bits per heavy atom. The summed E-state index contributed by atoms with van der Waals surface area (Å²) in [5.41, 5.74) is 3.75. The van der Waals surface area contributed by atoms with Gasteiger partial charge in [-0.2, -0.15) is 0 Å². The molecule has 0 spiro atoms. The van der Waals surface area contributed by atoms with Gasteiger partial charge in [0.2, 0.25) is 0 Å². The smallest absolute Gasteiger partial charge is 0.253 e. The molecule has 0 saturated carbocycles. The monoisotopic (exact) mass is 372 g/mol. The third kappa shape index (κ3) is 3.93. The van der Waals surface area contributed by atoms with E-state index < -0.39 is 0 Å². The number of rotatable bonds is 4. The van der Waals surface area contributed by atoms with Crippen LogP contribution in [0.1, 0.15) is 22.3 Å². The number of carbonyl (C=O) groups excluding carboxylic acids is 1. The summed E-state index contributed by atoms with van der Waals surface area (Å²) in [7, 11) is 2.05. The van der Waals surface area contributed by atoms with Gasteiger partial charge in [0.25, 0.3) is 5.91 Å². The molecule has 4 nitrogen and oxygen atoms in total. The van der Waals surface area contributed by atoms with Gasteiger partial charge in [-0.1, -0.05) is 35.9 Å². The summed E-state index contributed by atoms with van der Waals surface area (Å²) in [5, 5.41) is 9.98. The zero-order valence-corrected chi connectivity index (χ0v) is 16.0. The summed E-state index contributed by atoms with van der Waals surface area (Å²) in [5.74, 6) is 0.0440. The van der Waals surface area contributed by atoms with Crippen molar-refractivity contribution >= 4 is 17.5 Å². The third-order valence-corrected chi connectivity index (χ3v) is 5.62. The Balaban J connectivity index is 1.84. The molecule has 1 fully saturated rings. The number of amides is 1. The topological polar surface area (TPSA) is 43.8 Å². The Bertz CT molecular complexity index is 793. The summed E-state index contributed by atoms with van der Waals surface area (Å²) >= 11 is 6.25. The number of nitrogens with zero attached hydrogens (tertiary/aromatic N) is 2. The molecule has 1 N–H and O–H groups in total. The lowest BCUT2D eigenvalue weighted by molar-refractivity contribution is 0.0500. The fourth-order valence-electron chi connectivity index (χ4n) is 3.51. The van der Waals surface area contributed by atoms with E-state index in [4.69, 9.17) is 11.6 Å². The zero-order chi connectivity index (χ0) is 18.7. The first-order valence-electron chi connectivity index (χ1n) is 8.97. The maximum Gasteiger partial charge on any atom is 0.253 e. The van der Waals surface area contributed by atoms with Crippen LogP contribution in [-0.4, -0.2) is 60.1 Å². The lowest BCUT2D eigenvalue weighted by atomic mass is 9.98. The van der Waals surface area contributed by atoms with Crippen LogP contribution in [0.15, 0.2) is 42.5 Å². The van der Waals surface area contributed by atoms with Gasteiger partial charge in [0.05, 0.1) is 0 Å². The average molecular weight is 373 g/mol. The number of aliphatic hydroxyl groups excluding tert-OH is 1. The van der Waals surface area contributed by atoms with Gasteiger partial charge in [-0.05, 0) is 55.3 Å². The van der Waals surface area contributed by atoms with Crippen LogP contribution in [-0.2, 0) is 0 Å². The maximum atomic E-state index is 13.0. The first kappa shape index (κ1) is 18.9. The molecule has 5 heteroatoms. The van der Waals surface area contributed by atoms with Gasteiger partial charge in [0, 0.05) is 42.9 Å². The van der Waals surface area contributed by atoms with Gasteiger partial charge in [0.1, 0.15) is 0 Å². The second-order valence-corrected chi connectivity index (χ2v) is 7.30. The average Bonchev–Trinajstić information content (AvgIpc) is 2.65. The normalized spacial score (nSPS) is 18.2. The van der Waals surface area contributed by atoms with E-state index in [1.807, 2.05) is 61.3 Å². The van der Waals surface area contributed by atoms with Gasteiger partial charge in [-0.25, -0.2) is 0 Å². The van der Waals surface area contributed by atoms with Crippen LogP contribution in [0.4, 0.5) is 0 Å². The fraction of sp³-hybridized carbons (Fsp3) is 0.381.